The lowest BCUT2D eigenvalue weighted by Crippen LogP contribution is -2.27. The number of hydrogen-bond acceptors (Lipinski definition) is 3. The zero-order chi connectivity index (χ0) is 12.4. The molecule has 0 aromatic heterocycles. The fourth-order valence-electron chi connectivity index (χ4n) is 2.17. The van der Waals surface area contributed by atoms with Crippen LogP contribution in [0.5, 0.6) is 0 Å². The molecule has 0 spiro atoms. The van der Waals surface area contributed by atoms with E-state index in [1.165, 1.54) is 7.11 Å². The van der Waals surface area contributed by atoms with E-state index < -0.39 is 0 Å². The maximum Gasteiger partial charge on any atom is 0.312 e. The third-order valence-electron chi connectivity index (χ3n) is 3.08. The van der Waals surface area contributed by atoms with Gasteiger partial charge < -0.3 is 9.47 Å². The van der Waals surface area contributed by atoms with E-state index in [1.807, 2.05) is 37.3 Å². The smallest absolute Gasteiger partial charge is 0.312 e. The number of rotatable bonds is 2. The van der Waals surface area contributed by atoms with Crippen LogP contribution in [0.1, 0.15) is 18.6 Å². The van der Waals surface area contributed by atoms with E-state index in [0.717, 1.165) is 5.56 Å². The van der Waals surface area contributed by atoms with Gasteiger partial charge in [0.1, 0.15) is 5.92 Å². The molecule has 1 aromatic rings. The number of carbonyl (C=O) groups is 1. The highest BCUT2D eigenvalue weighted by Gasteiger charge is 2.46. The maximum absolute atomic E-state index is 11.8. The Hall–Kier alpha value is -0.620. The molecule has 0 bridgehead atoms. The van der Waals surface area contributed by atoms with E-state index >= 15 is 0 Å². The topological polar surface area (TPSA) is 35.5 Å². The van der Waals surface area contributed by atoms with Gasteiger partial charge in [-0.25, -0.2) is 0 Å². The molecule has 1 aromatic carbocycles. The second-order valence-corrected chi connectivity index (χ2v) is 5.60. The lowest BCUT2D eigenvalue weighted by atomic mass is 9.94. The van der Waals surface area contributed by atoms with Crippen LogP contribution in [-0.2, 0) is 14.3 Å². The van der Waals surface area contributed by atoms with Gasteiger partial charge in [-0.05, 0) is 12.5 Å². The highest BCUT2D eigenvalue weighted by molar-refractivity contribution is 14.1. The molecule has 0 N–H and O–H groups in total. The van der Waals surface area contributed by atoms with Crippen LogP contribution in [0.4, 0.5) is 0 Å². The van der Waals surface area contributed by atoms with Crippen LogP contribution in [0.2, 0.25) is 0 Å². The molecule has 17 heavy (non-hydrogen) atoms. The van der Waals surface area contributed by atoms with Crippen LogP contribution in [0.3, 0.4) is 0 Å². The normalized spacial score (nSPS) is 32.4. The largest absolute Gasteiger partial charge is 0.469 e. The average Bonchev–Trinajstić information content (AvgIpc) is 2.66. The predicted molar refractivity (Wildman–Crippen MR) is 73.0 cm³/mol. The van der Waals surface area contributed by atoms with Gasteiger partial charge in [-0.3, -0.25) is 4.79 Å². The molecular weight excluding hydrogens is 331 g/mol. The molecular formula is C13H15IO3. The van der Waals surface area contributed by atoms with Crippen LogP contribution < -0.4 is 0 Å². The molecule has 0 unspecified atom stereocenters. The van der Waals surface area contributed by atoms with Crippen molar-refractivity contribution in [3.05, 3.63) is 35.9 Å². The van der Waals surface area contributed by atoms with Crippen LogP contribution in [0.25, 0.3) is 0 Å². The first-order valence-corrected chi connectivity index (χ1v) is 6.82. The first-order chi connectivity index (χ1) is 8.15. The third kappa shape index (κ3) is 2.47. The average molecular weight is 346 g/mol. The van der Waals surface area contributed by atoms with E-state index in [0.29, 0.717) is 0 Å². The minimum atomic E-state index is -0.224. The number of esters is 1. The first kappa shape index (κ1) is 12.8. The molecule has 0 amide bonds. The number of halogens is 1. The zero-order valence-electron chi connectivity index (χ0n) is 9.80. The minimum Gasteiger partial charge on any atom is -0.469 e. The Morgan fingerprint density at radius 3 is 2.59 bits per heavy atom. The van der Waals surface area contributed by atoms with Crippen LogP contribution in [0.15, 0.2) is 30.3 Å². The summed E-state index contributed by atoms with van der Waals surface area (Å²) in [6.45, 7) is 2.00. The van der Waals surface area contributed by atoms with Crippen molar-refractivity contribution in [2.75, 3.05) is 7.11 Å². The quantitative estimate of drug-likeness (QED) is 0.469. The molecule has 1 aliphatic heterocycles. The van der Waals surface area contributed by atoms with Gasteiger partial charge in [-0.1, -0.05) is 52.9 Å². The van der Waals surface area contributed by atoms with E-state index in [9.17, 15) is 4.79 Å². The van der Waals surface area contributed by atoms with Gasteiger partial charge in [-0.2, -0.15) is 0 Å². The Morgan fingerprint density at radius 2 is 2.00 bits per heavy atom. The highest BCUT2D eigenvalue weighted by Crippen LogP contribution is 2.42. The summed E-state index contributed by atoms with van der Waals surface area (Å²) >= 11 is 2.27. The first-order valence-electron chi connectivity index (χ1n) is 5.57. The molecule has 0 aliphatic carbocycles. The van der Waals surface area contributed by atoms with E-state index in [1.54, 1.807) is 0 Å². The van der Waals surface area contributed by atoms with E-state index in [2.05, 4.69) is 22.6 Å². The fraction of sp³-hybridized carbons (Fsp3) is 0.462. The second kappa shape index (κ2) is 5.35. The third-order valence-corrected chi connectivity index (χ3v) is 4.87. The van der Waals surface area contributed by atoms with Crippen LogP contribution in [0, 0.1) is 5.92 Å². The summed E-state index contributed by atoms with van der Waals surface area (Å²) in [5.74, 6) is -0.416. The summed E-state index contributed by atoms with van der Waals surface area (Å²) < 4.78 is 10.9. The molecule has 3 nitrogen and oxygen atoms in total. The number of hydrogen-bond donors (Lipinski definition) is 0. The van der Waals surface area contributed by atoms with Crippen LogP contribution in [-0.4, -0.2) is 23.1 Å². The predicted octanol–water partition coefficient (Wildman–Crippen LogP) is 2.74. The van der Waals surface area contributed by atoms with Gasteiger partial charge >= 0.3 is 5.97 Å². The van der Waals surface area contributed by atoms with Gasteiger partial charge in [0, 0.05) is 0 Å². The molecule has 1 fully saturated rings. The van der Waals surface area contributed by atoms with Crippen molar-refractivity contribution in [1.29, 1.82) is 0 Å². The van der Waals surface area contributed by atoms with Crippen LogP contribution >= 0.6 is 22.6 Å². The molecule has 1 aliphatic rings. The molecule has 0 radical (unpaired) electrons. The fourth-order valence-corrected chi connectivity index (χ4v) is 3.01. The van der Waals surface area contributed by atoms with E-state index in [-0.39, 0.29) is 28.0 Å². The van der Waals surface area contributed by atoms with Crippen molar-refractivity contribution in [2.24, 2.45) is 5.92 Å². The molecule has 0 saturated carbocycles. The minimum absolute atomic E-state index is 0.0601. The van der Waals surface area contributed by atoms with Gasteiger partial charge in [0.2, 0.25) is 0 Å². The monoisotopic (exact) mass is 346 g/mol. The Labute approximate surface area is 115 Å². The Morgan fingerprint density at radius 1 is 1.35 bits per heavy atom. The van der Waals surface area contributed by atoms with E-state index in [4.69, 9.17) is 9.47 Å². The highest BCUT2D eigenvalue weighted by atomic mass is 127. The van der Waals surface area contributed by atoms with Crippen molar-refractivity contribution in [1.82, 2.24) is 0 Å². The van der Waals surface area contributed by atoms with Crippen molar-refractivity contribution in [3.8, 4) is 0 Å². The summed E-state index contributed by atoms with van der Waals surface area (Å²) in [6, 6.07) is 9.84. The van der Waals surface area contributed by atoms with Crippen molar-refractivity contribution in [2.45, 2.75) is 23.1 Å². The molecule has 1 saturated heterocycles. The van der Waals surface area contributed by atoms with Crippen molar-refractivity contribution in [3.63, 3.8) is 0 Å². The standard InChI is InChI=1S/C13H15IO3/c1-8-11(14)10(13(15)16-2)12(17-8)9-6-4-3-5-7-9/h3-8,10-12H,1-2H3/t8-,10+,11+,12-/m1/s1. The molecule has 92 valence electrons. The zero-order valence-corrected chi connectivity index (χ0v) is 12.0. The lowest BCUT2D eigenvalue weighted by molar-refractivity contribution is -0.147. The molecule has 1 heterocycles. The lowest BCUT2D eigenvalue weighted by Gasteiger charge is -2.18. The summed E-state index contributed by atoms with van der Waals surface area (Å²) in [6.07, 6.45) is -0.134. The summed E-state index contributed by atoms with van der Waals surface area (Å²) in [5, 5.41) is 0. The number of methoxy groups -OCH3 is 1. The van der Waals surface area contributed by atoms with Gasteiger partial charge in [0.25, 0.3) is 0 Å². The molecule has 2 rings (SSSR count). The Balaban J connectivity index is 2.30. The number of carbonyl (C=O) groups excluding carboxylic acids is 1. The Bertz CT molecular complexity index is 393. The van der Waals surface area contributed by atoms with Crippen molar-refractivity contribution >= 4 is 28.6 Å². The number of benzene rings is 1. The van der Waals surface area contributed by atoms with Gasteiger partial charge in [0.05, 0.1) is 23.2 Å². The number of ether oxygens (including phenoxy) is 2. The molecule has 4 heteroatoms. The van der Waals surface area contributed by atoms with Crippen molar-refractivity contribution < 1.29 is 14.3 Å². The second-order valence-electron chi connectivity index (χ2n) is 4.17. The molecule has 4 atom stereocenters. The summed E-state index contributed by atoms with van der Waals surface area (Å²) in [4.78, 5) is 11.8. The van der Waals surface area contributed by atoms with Gasteiger partial charge in [-0.15, -0.1) is 0 Å². The number of alkyl halides is 1. The maximum atomic E-state index is 11.8. The summed E-state index contributed by atoms with van der Waals surface area (Å²) in [7, 11) is 1.43. The van der Waals surface area contributed by atoms with Gasteiger partial charge in [0.15, 0.2) is 0 Å². The SMILES string of the molecule is COC(=O)[C@H]1[C@@H](I)[C@@H](C)O[C@@H]1c1ccccc1. The summed E-state index contributed by atoms with van der Waals surface area (Å²) in [5.41, 5.74) is 1.04. The Kier molecular flexibility index (Phi) is 4.04.